The maximum absolute atomic E-state index is 12.1. The van der Waals surface area contributed by atoms with E-state index in [1.54, 1.807) is 12.1 Å². The summed E-state index contributed by atoms with van der Waals surface area (Å²) in [5.74, 6) is 1.45. The van der Waals surface area contributed by atoms with Gasteiger partial charge < -0.3 is 14.2 Å². The summed E-state index contributed by atoms with van der Waals surface area (Å²) in [4.78, 5) is 16.4. The molecular weight excluding hydrogens is 342 g/mol. The number of amides is 1. The van der Waals surface area contributed by atoms with Crippen LogP contribution in [0.5, 0.6) is 17.2 Å². The normalized spacial score (nSPS) is 11.0. The van der Waals surface area contributed by atoms with Crippen molar-refractivity contribution < 1.29 is 19.0 Å². The minimum atomic E-state index is -0.347. The molecule has 1 amide bonds. The average molecular weight is 363 g/mol. The number of carbonyl (C=O) groups excluding carboxylic acids is 1. The van der Waals surface area contributed by atoms with Crippen LogP contribution in [0.15, 0.2) is 22.6 Å². The molecule has 0 saturated heterocycles. The predicted molar refractivity (Wildman–Crippen MR) is 97.4 cm³/mol. The Morgan fingerprint density at radius 2 is 1.84 bits per heavy atom. The molecule has 0 saturated carbocycles. The summed E-state index contributed by atoms with van der Waals surface area (Å²) in [5.41, 5.74) is 4.05. The van der Waals surface area contributed by atoms with Crippen molar-refractivity contribution in [3.63, 3.8) is 0 Å². The minimum absolute atomic E-state index is 0.278. The zero-order valence-corrected chi connectivity index (χ0v) is 15.6. The molecule has 0 radical (unpaired) electrons. The third kappa shape index (κ3) is 4.48. The maximum atomic E-state index is 12.1. The van der Waals surface area contributed by atoms with Gasteiger partial charge in [-0.25, -0.2) is 10.4 Å². The molecule has 0 fully saturated rings. The highest BCUT2D eigenvalue weighted by molar-refractivity contribution is 7.11. The number of nitrogens with zero attached hydrogens (tertiary/aromatic N) is 2. The lowest BCUT2D eigenvalue weighted by Gasteiger charge is -2.12. The number of aromatic nitrogens is 1. The van der Waals surface area contributed by atoms with Crippen LogP contribution in [-0.4, -0.2) is 38.4 Å². The van der Waals surface area contributed by atoms with Gasteiger partial charge in [0.25, 0.3) is 5.91 Å². The molecule has 7 nitrogen and oxygen atoms in total. The standard InChI is InChI=1S/C17H21N3O4S/c1-10(2)12-9-25-17(19-12)16(21)20-18-8-11-6-13(22-3)15(24-5)14(7-11)23-4/h6-10H,1-5H3,(H,20,21)/b18-8-. The molecule has 0 aliphatic carbocycles. The molecule has 0 aliphatic heterocycles. The topological polar surface area (TPSA) is 82.0 Å². The number of hydrazone groups is 1. The summed E-state index contributed by atoms with van der Waals surface area (Å²) in [6.45, 7) is 4.05. The molecule has 2 rings (SSSR count). The highest BCUT2D eigenvalue weighted by Crippen LogP contribution is 2.37. The van der Waals surface area contributed by atoms with Crippen LogP contribution in [0.3, 0.4) is 0 Å². The summed E-state index contributed by atoms with van der Waals surface area (Å²) in [5, 5.41) is 6.23. The van der Waals surface area contributed by atoms with Gasteiger partial charge in [-0.2, -0.15) is 5.10 Å². The lowest BCUT2D eigenvalue weighted by atomic mass is 10.2. The summed E-state index contributed by atoms with van der Waals surface area (Å²) in [7, 11) is 4.61. The molecule has 25 heavy (non-hydrogen) atoms. The summed E-state index contributed by atoms with van der Waals surface area (Å²) < 4.78 is 15.8. The molecule has 1 N–H and O–H groups in total. The Morgan fingerprint density at radius 1 is 1.20 bits per heavy atom. The first-order valence-corrected chi connectivity index (χ1v) is 8.47. The van der Waals surface area contributed by atoms with Crippen molar-refractivity contribution in [2.45, 2.75) is 19.8 Å². The van der Waals surface area contributed by atoms with Crippen molar-refractivity contribution >= 4 is 23.5 Å². The number of rotatable bonds is 7. The number of benzene rings is 1. The van der Waals surface area contributed by atoms with Crippen LogP contribution in [-0.2, 0) is 0 Å². The fourth-order valence-electron chi connectivity index (χ4n) is 2.04. The van der Waals surface area contributed by atoms with E-state index in [0.29, 0.717) is 27.8 Å². The van der Waals surface area contributed by atoms with Crippen molar-refractivity contribution in [3.8, 4) is 17.2 Å². The quantitative estimate of drug-likeness (QED) is 0.604. The van der Waals surface area contributed by atoms with Crippen LogP contribution in [0.1, 0.15) is 40.8 Å². The summed E-state index contributed by atoms with van der Waals surface area (Å²) >= 11 is 1.30. The predicted octanol–water partition coefficient (Wildman–Crippen LogP) is 3.06. The Kier molecular flexibility index (Phi) is 6.35. The first kappa shape index (κ1) is 18.7. The van der Waals surface area contributed by atoms with Crippen LogP contribution in [0.4, 0.5) is 0 Å². The van der Waals surface area contributed by atoms with Gasteiger partial charge in [0.1, 0.15) is 0 Å². The van der Waals surface area contributed by atoms with Crippen LogP contribution in [0.25, 0.3) is 0 Å². The van der Waals surface area contributed by atoms with Crippen LogP contribution < -0.4 is 19.6 Å². The van der Waals surface area contributed by atoms with E-state index in [2.05, 4.69) is 15.5 Å². The van der Waals surface area contributed by atoms with E-state index in [9.17, 15) is 4.79 Å². The van der Waals surface area contributed by atoms with Gasteiger partial charge in [-0.3, -0.25) is 4.79 Å². The van der Waals surface area contributed by atoms with E-state index in [4.69, 9.17) is 14.2 Å². The second-order valence-corrected chi connectivity index (χ2v) is 6.25. The average Bonchev–Trinajstić information content (AvgIpc) is 3.11. The lowest BCUT2D eigenvalue weighted by molar-refractivity contribution is 0.0954. The third-order valence-electron chi connectivity index (χ3n) is 3.37. The molecule has 134 valence electrons. The molecule has 2 aromatic rings. The van der Waals surface area contributed by atoms with Crippen molar-refractivity contribution in [1.29, 1.82) is 0 Å². The number of ether oxygens (including phenoxy) is 3. The number of carbonyl (C=O) groups is 1. The molecule has 8 heteroatoms. The first-order valence-electron chi connectivity index (χ1n) is 7.59. The Hall–Kier alpha value is -2.61. The molecule has 0 unspecified atom stereocenters. The zero-order valence-electron chi connectivity index (χ0n) is 14.8. The SMILES string of the molecule is COc1cc(/C=N\NC(=O)c2nc(C(C)C)cs2)cc(OC)c1OC. The summed E-state index contributed by atoms with van der Waals surface area (Å²) in [6.07, 6.45) is 1.50. The Bertz CT molecular complexity index is 746. The highest BCUT2D eigenvalue weighted by atomic mass is 32.1. The Labute approximate surface area is 150 Å². The van der Waals surface area contributed by atoms with Gasteiger partial charge in [0, 0.05) is 10.9 Å². The number of hydrogen-bond acceptors (Lipinski definition) is 7. The summed E-state index contributed by atoms with van der Waals surface area (Å²) in [6, 6.07) is 3.47. The number of nitrogens with one attached hydrogen (secondary N) is 1. The van der Waals surface area contributed by atoms with E-state index in [0.717, 1.165) is 5.69 Å². The van der Waals surface area contributed by atoms with Crippen molar-refractivity contribution in [2.24, 2.45) is 5.10 Å². The van der Waals surface area contributed by atoms with Crippen LogP contribution in [0, 0.1) is 0 Å². The zero-order chi connectivity index (χ0) is 18.4. The van der Waals surface area contributed by atoms with Crippen LogP contribution >= 0.6 is 11.3 Å². The van der Waals surface area contributed by atoms with Gasteiger partial charge in [0.15, 0.2) is 16.5 Å². The van der Waals surface area contributed by atoms with E-state index in [1.807, 2.05) is 19.2 Å². The van der Waals surface area contributed by atoms with Gasteiger partial charge in [0.05, 0.1) is 33.2 Å². The molecule has 1 heterocycles. The second-order valence-electron chi connectivity index (χ2n) is 5.39. The van der Waals surface area contributed by atoms with E-state index in [-0.39, 0.29) is 11.8 Å². The molecule has 0 atom stereocenters. The molecule has 0 aliphatic rings. The second kappa shape index (κ2) is 8.48. The van der Waals surface area contributed by atoms with E-state index < -0.39 is 0 Å². The number of thiazole rings is 1. The Balaban J connectivity index is 2.12. The van der Waals surface area contributed by atoms with E-state index >= 15 is 0 Å². The Morgan fingerprint density at radius 3 is 2.32 bits per heavy atom. The van der Waals surface area contributed by atoms with Gasteiger partial charge in [0.2, 0.25) is 5.75 Å². The molecule has 1 aromatic heterocycles. The van der Waals surface area contributed by atoms with Crippen molar-refractivity contribution in [2.75, 3.05) is 21.3 Å². The van der Waals surface area contributed by atoms with Gasteiger partial charge in [-0.05, 0) is 18.1 Å². The van der Waals surface area contributed by atoms with Crippen LogP contribution in [0.2, 0.25) is 0 Å². The van der Waals surface area contributed by atoms with Crippen molar-refractivity contribution in [3.05, 3.63) is 33.8 Å². The van der Waals surface area contributed by atoms with Gasteiger partial charge in [-0.1, -0.05) is 13.8 Å². The number of hydrogen-bond donors (Lipinski definition) is 1. The molecule has 0 bridgehead atoms. The first-order chi connectivity index (χ1) is 12.0. The fourth-order valence-corrected chi connectivity index (χ4v) is 2.91. The minimum Gasteiger partial charge on any atom is -0.493 e. The lowest BCUT2D eigenvalue weighted by Crippen LogP contribution is -2.17. The highest BCUT2D eigenvalue weighted by Gasteiger charge is 2.13. The fraction of sp³-hybridized carbons (Fsp3) is 0.353. The molecule has 1 aromatic carbocycles. The largest absolute Gasteiger partial charge is 0.493 e. The van der Waals surface area contributed by atoms with E-state index in [1.165, 1.54) is 38.9 Å². The third-order valence-corrected chi connectivity index (χ3v) is 4.23. The maximum Gasteiger partial charge on any atom is 0.300 e. The molecular formula is C17H21N3O4S. The molecule has 0 spiro atoms. The van der Waals surface area contributed by atoms with Crippen molar-refractivity contribution in [1.82, 2.24) is 10.4 Å². The van der Waals surface area contributed by atoms with Gasteiger partial charge >= 0.3 is 0 Å². The number of methoxy groups -OCH3 is 3. The monoisotopic (exact) mass is 363 g/mol. The van der Waals surface area contributed by atoms with Gasteiger partial charge in [-0.15, -0.1) is 11.3 Å². The smallest absolute Gasteiger partial charge is 0.300 e.